The maximum absolute atomic E-state index is 6.78. The Morgan fingerprint density at radius 3 is 2.50 bits per heavy atom. The van der Waals surface area contributed by atoms with Gasteiger partial charge in [0.1, 0.15) is 0 Å². The van der Waals surface area contributed by atoms with E-state index in [9.17, 15) is 0 Å². The van der Waals surface area contributed by atoms with Crippen molar-refractivity contribution in [1.82, 2.24) is 0 Å². The van der Waals surface area contributed by atoms with Gasteiger partial charge in [-0.25, -0.2) is 0 Å². The van der Waals surface area contributed by atoms with Crippen molar-refractivity contribution in [2.45, 2.75) is 58.4 Å². The molecule has 0 aliphatic heterocycles. The topological polar surface area (TPSA) is 9.23 Å². The Bertz CT molecular complexity index is 916. The van der Waals surface area contributed by atoms with Crippen LogP contribution < -0.4 is 0 Å². The lowest BCUT2D eigenvalue weighted by atomic mass is 9.89. The monoisotopic (exact) mass is 388 g/mol. The predicted molar refractivity (Wildman–Crippen MR) is 122 cm³/mol. The van der Waals surface area contributed by atoms with Gasteiger partial charge < -0.3 is 4.43 Å². The molecule has 2 heteroatoms. The lowest BCUT2D eigenvalue weighted by molar-refractivity contribution is 0.179. The SMILES string of the molecule is CC(CCC(O[Si](C)(C)C)c1cccc2c1-c1ccccc1C2)C1=CC=CC1. The smallest absolute Gasteiger partial charge is 0.184 e. The van der Waals surface area contributed by atoms with Crippen molar-refractivity contribution >= 4 is 8.32 Å². The summed E-state index contributed by atoms with van der Waals surface area (Å²) in [7, 11) is -1.66. The molecular weight excluding hydrogens is 356 g/mol. The molecule has 0 saturated carbocycles. The molecule has 2 aromatic carbocycles. The molecule has 0 N–H and O–H groups in total. The second-order valence-corrected chi connectivity index (χ2v) is 13.7. The lowest BCUT2D eigenvalue weighted by Gasteiger charge is -2.29. The first-order valence-electron chi connectivity index (χ1n) is 10.7. The van der Waals surface area contributed by atoms with Crippen LogP contribution in [0.25, 0.3) is 11.1 Å². The fourth-order valence-corrected chi connectivity index (χ4v) is 5.71. The molecule has 0 saturated heterocycles. The summed E-state index contributed by atoms with van der Waals surface area (Å²) in [5, 5.41) is 0. The molecule has 0 bridgehead atoms. The minimum Gasteiger partial charge on any atom is -0.411 e. The van der Waals surface area contributed by atoms with E-state index in [4.69, 9.17) is 4.43 Å². The zero-order valence-electron chi connectivity index (χ0n) is 17.7. The van der Waals surface area contributed by atoms with Crippen molar-refractivity contribution < 1.29 is 4.43 Å². The summed E-state index contributed by atoms with van der Waals surface area (Å²) in [4.78, 5) is 0. The number of rotatable bonds is 7. The zero-order valence-corrected chi connectivity index (χ0v) is 18.7. The van der Waals surface area contributed by atoms with Gasteiger partial charge in [0.15, 0.2) is 8.32 Å². The van der Waals surface area contributed by atoms with Crippen LogP contribution in [-0.2, 0) is 10.8 Å². The molecule has 2 atom stereocenters. The van der Waals surface area contributed by atoms with Crippen molar-refractivity contribution in [2.24, 2.45) is 5.92 Å². The molecule has 0 spiro atoms. The Labute approximate surface area is 171 Å². The van der Waals surface area contributed by atoms with Crippen LogP contribution >= 0.6 is 0 Å². The first-order chi connectivity index (χ1) is 13.4. The normalized spacial score (nSPS) is 17.2. The first-order valence-corrected chi connectivity index (χ1v) is 14.1. The lowest BCUT2D eigenvalue weighted by Crippen LogP contribution is -2.28. The van der Waals surface area contributed by atoms with Crippen LogP contribution in [0.4, 0.5) is 0 Å². The van der Waals surface area contributed by atoms with E-state index in [2.05, 4.69) is 87.3 Å². The molecule has 0 radical (unpaired) electrons. The van der Waals surface area contributed by atoms with Crippen molar-refractivity contribution in [3.8, 4) is 11.1 Å². The molecule has 2 aliphatic carbocycles. The third-order valence-electron chi connectivity index (χ3n) is 5.99. The fraction of sp³-hybridized carbons (Fsp3) is 0.385. The highest BCUT2D eigenvalue weighted by Crippen LogP contribution is 2.43. The third kappa shape index (κ3) is 4.08. The number of allylic oxidation sites excluding steroid dienone is 4. The van der Waals surface area contributed by atoms with Crippen molar-refractivity contribution in [1.29, 1.82) is 0 Å². The molecule has 2 aromatic rings. The Kier molecular flexibility index (Phi) is 5.44. The molecule has 2 aliphatic rings. The van der Waals surface area contributed by atoms with Gasteiger partial charge in [-0.15, -0.1) is 0 Å². The van der Waals surface area contributed by atoms with E-state index in [0.717, 1.165) is 19.3 Å². The van der Waals surface area contributed by atoms with Crippen molar-refractivity contribution in [3.63, 3.8) is 0 Å². The van der Waals surface area contributed by atoms with E-state index in [1.165, 1.54) is 34.2 Å². The molecule has 0 fully saturated rings. The predicted octanol–water partition coefficient (Wildman–Crippen LogP) is 7.45. The summed E-state index contributed by atoms with van der Waals surface area (Å²) in [6.07, 6.45) is 11.4. The number of hydrogen-bond acceptors (Lipinski definition) is 1. The molecule has 0 aromatic heterocycles. The van der Waals surface area contributed by atoms with Gasteiger partial charge in [0.2, 0.25) is 0 Å². The Balaban J connectivity index is 1.64. The van der Waals surface area contributed by atoms with Crippen LogP contribution in [0.2, 0.25) is 19.6 Å². The first kappa shape index (κ1) is 19.4. The summed E-state index contributed by atoms with van der Waals surface area (Å²) in [6.45, 7) is 9.30. The average molecular weight is 389 g/mol. The molecule has 28 heavy (non-hydrogen) atoms. The minimum absolute atomic E-state index is 0.185. The highest BCUT2D eigenvalue weighted by molar-refractivity contribution is 6.69. The van der Waals surface area contributed by atoms with Gasteiger partial charge in [0.25, 0.3) is 0 Å². The van der Waals surface area contributed by atoms with E-state index >= 15 is 0 Å². The van der Waals surface area contributed by atoms with Crippen LogP contribution in [-0.4, -0.2) is 8.32 Å². The van der Waals surface area contributed by atoms with E-state index in [1.54, 1.807) is 5.57 Å². The molecule has 4 rings (SSSR count). The van der Waals surface area contributed by atoms with E-state index in [1.807, 2.05) is 0 Å². The quantitative estimate of drug-likeness (QED) is 0.382. The second kappa shape index (κ2) is 7.85. The van der Waals surface area contributed by atoms with E-state index in [-0.39, 0.29) is 6.10 Å². The molecule has 146 valence electrons. The highest BCUT2D eigenvalue weighted by atomic mass is 28.4. The molecule has 0 heterocycles. The van der Waals surface area contributed by atoms with Crippen LogP contribution in [0.15, 0.2) is 66.3 Å². The standard InChI is InChI=1S/C26H32OSi/c1-19(20-10-5-6-11-20)16-17-25(27-28(2,3)4)24-15-9-13-22-18-21-12-7-8-14-23(21)26(22)24/h5-10,12-15,19,25H,11,16-18H2,1-4H3. The van der Waals surface area contributed by atoms with Crippen molar-refractivity contribution in [3.05, 3.63) is 83.0 Å². The Morgan fingerprint density at radius 2 is 1.75 bits per heavy atom. The maximum atomic E-state index is 6.78. The number of fused-ring (bicyclic) bond motifs is 3. The molecule has 2 unspecified atom stereocenters. The fourth-order valence-electron chi connectivity index (χ4n) is 4.61. The van der Waals surface area contributed by atoms with Gasteiger partial charge >= 0.3 is 0 Å². The molecule has 0 amide bonds. The van der Waals surface area contributed by atoms with Crippen LogP contribution in [0.3, 0.4) is 0 Å². The average Bonchev–Trinajstić information content (AvgIpc) is 3.31. The van der Waals surface area contributed by atoms with Gasteiger partial charge in [-0.2, -0.15) is 0 Å². The van der Waals surface area contributed by atoms with Gasteiger partial charge in [0, 0.05) is 0 Å². The molecular formula is C26H32OSi. The van der Waals surface area contributed by atoms with Gasteiger partial charge in [0.05, 0.1) is 6.10 Å². The van der Waals surface area contributed by atoms with Gasteiger partial charge in [-0.05, 0) is 79.1 Å². The Hall–Kier alpha value is -1.90. The molecule has 1 nitrogen and oxygen atoms in total. The van der Waals surface area contributed by atoms with Crippen LogP contribution in [0, 0.1) is 5.92 Å². The van der Waals surface area contributed by atoms with Crippen LogP contribution in [0.5, 0.6) is 0 Å². The maximum Gasteiger partial charge on any atom is 0.184 e. The number of hydrogen-bond donors (Lipinski definition) is 0. The van der Waals surface area contributed by atoms with E-state index in [0.29, 0.717) is 5.92 Å². The second-order valence-electron chi connectivity index (χ2n) is 9.29. The summed E-state index contributed by atoms with van der Waals surface area (Å²) in [6, 6.07) is 15.7. The zero-order chi connectivity index (χ0) is 19.7. The van der Waals surface area contributed by atoms with Crippen molar-refractivity contribution in [2.75, 3.05) is 0 Å². The van der Waals surface area contributed by atoms with E-state index < -0.39 is 8.32 Å². The summed E-state index contributed by atoms with van der Waals surface area (Å²) < 4.78 is 6.78. The van der Waals surface area contributed by atoms with Crippen LogP contribution in [0.1, 0.15) is 49.0 Å². The summed E-state index contributed by atoms with van der Waals surface area (Å²) >= 11 is 0. The highest BCUT2D eigenvalue weighted by Gasteiger charge is 2.29. The third-order valence-corrected chi connectivity index (χ3v) is 6.98. The largest absolute Gasteiger partial charge is 0.411 e. The van der Waals surface area contributed by atoms with Gasteiger partial charge in [-0.3, -0.25) is 0 Å². The summed E-state index contributed by atoms with van der Waals surface area (Å²) in [5.74, 6) is 0.617. The Morgan fingerprint density at radius 1 is 0.964 bits per heavy atom. The summed E-state index contributed by atoms with van der Waals surface area (Å²) in [5.41, 5.74) is 8.72. The number of benzene rings is 2. The van der Waals surface area contributed by atoms with Gasteiger partial charge in [-0.1, -0.05) is 73.2 Å². The minimum atomic E-state index is -1.66.